The van der Waals surface area contributed by atoms with E-state index in [4.69, 9.17) is 4.98 Å². The van der Waals surface area contributed by atoms with E-state index in [1.807, 2.05) is 13.8 Å². The van der Waals surface area contributed by atoms with E-state index >= 15 is 0 Å². The SMILES string of the molecule is CCCCS(=O)(=O)N1CCc2nc(C)nc(N3CCC(C)CC3)c2C1. The second-order valence-corrected chi connectivity index (χ2v) is 9.53. The quantitative estimate of drug-likeness (QED) is 0.801. The third-order valence-corrected chi connectivity index (χ3v) is 7.25. The molecule has 3 rings (SSSR count). The number of rotatable bonds is 5. The van der Waals surface area contributed by atoms with Crippen LogP contribution >= 0.6 is 0 Å². The molecule has 7 heteroatoms. The molecule has 0 aliphatic carbocycles. The minimum Gasteiger partial charge on any atom is -0.356 e. The first-order valence-electron chi connectivity index (χ1n) is 9.50. The molecule has 1 fully saturated rings. The maximum Gasteiger partial charge on any atom is 0.214 e. The van der Waals surface area contributed by atoms with Crippen LogP contribution in [-0.4, -0.2) is 48.1 Å². The molecule has 0 N–H and O–H groups in total. The van der Waals surface area contributed by atoms with Gasteiger partial charge in [-0.3, -0.25) is 0 Å². The highest BCUT2D eigenvalue weighted by atomic mass is 32.2. The predicted octanol–water partition coefficient (Wildman–Crippen LogP) is 2.51. The molecule has 2 aliphatic heterocycles. The van der Waals surface area contributed by atoms with Gasteiger partial charge in [-0.1, -0.05) is 20.3 Å². The number of aromatic nitrogens is 2. The van der Waals surface area contributed by atoms with Crippen molar-refractivity contribution < 1.29 is 8.42 Å². The largest absolute Gasteiger partial charge is 0.356 e. The molecule has 3 heterocycles. The van der Waals surface area contributed by atoms with Gasteiger partial charge in [0.1, 0.15) is 11.6 Å². The Hall–Kier alpha value is -1.21. The van der Waals surface area contributed by atoms with E-state index < -0.39 is 10.0 Å². The first-order chi connectivity index (χ1) is 11.9. The van der Waals surface area contributed by atoms with Crippen molar-refractivity contribution in [3.63, 3.8) is 0 Å². The third-order valence-electron chi connectivity index (χ3n) is 5.35. The molecule has 25 heavy (non-hydrogen) atoms. The van der Waals surface area contributed by atoms with Gasteiger partial charge in [-0.15, -0.1) is 0 Å². The molecule has 0 atom stereocenters. The van der Waals surface area contributed by atoms with Crippen molar-refractivity contribution in [1.29, 1.82) is 0 Å². The molecule has 2 aliphatic rings. The van der Waals surface area contributed by atoms with Crippen molar-refractivity contribution in [2.45, 2.75) is 59.4 Å². The molecule has 1 saturated heterocycles. The van der Waals surface area contributed by atoms with Crippen molar-refractivity contribution in [3.8, 4) is 0 Å². The van der Waals surface area contributed by atoms with Crippen molar-refractivity contribution in [2.75, 3.05) is 30.3 Å². The Labute approximate surface area is 151 Å². The van der Waals surface area contributed by atoms with Gasteiger partial charge in [0.15, 0.2) is 0 Å². The summed E-state index contributed by atoms with van der Waals surface area (Å²) < 4.78 is 26.9. The molecule has 6 nitrogen and oxygen atoms in total. The molecule has 0 bridgehead atoms. The van der Waals surface area contributed by atoms with E-state index in [1.165, 1.54) is 0 Å². The average Bonchev–Trinajstić information content (AvgIpc) is 2.59. The number of sulfonamides is 1. The average molecular weight is 367 g/mol. The smallest absolute Gasteiger partial charge is 0.214 e. The predicted molar refractivity (Wildman–Crippen MR) is 100 cm³/mol. The summed E-state index contributed by atoms with van der Waals surface area (Å²) in [6.07, 6.45) is 4.62. The van der Waals surface area contributed by atoms with Crippen LogP contribution in [0.4, 0.5) is 5.82 Å². The lowest BCUT2D eigenvalue weighted by molar-refractivity contribution is 0.383. The molecule has 0 radical (unpaired) electrons. The van der Waals surface area contributed by atoms with Gasteiger partial charge >= 0.3 is 0 Å². The Morgan fingerprint density at radius 3 is 2.56 bits per heavy atom. The molecule has 1 aromatic rings. The van der Waals surface area contributed by atoms with Crippen molar-refractivity contribution >= 4 is 15.8 Å². The van der Waals surface area contributed by atoms with Crippen LogP contribution in [0.2, 0.25) is 0 Å². The summed E-state index contributed by atoms with van der Waals surface area (Å²) in [5, 5.41) is 0. The number of hydrogen-bond donors (Lipinski definition) is 0. The van der Waals surface area contributed by atoms with Gasteiger partial charge in [0.2, 0.25) is 10.0 Å². The Morgan fingerprint density at radius 1 is 1.16 bits per heavy atom. The van der Waals surface area contributed by atoms with E-state index in [1.54, 1.807) is 4.31 Å². The minimum atomic E-state index is -3.20. The van der Waals surface area contributed by atoms with Crippen LogP contribution in [0.5, 0.6) is 0 Å². The molecule has 0 amide bonds. The molecular formula is C18H30N4O2S. The number of piperidine rings is 1. The van der Waals surface area contributed by atoms with Gasteiger partial charge in [-0.05, 0) is 32.1 Å². The normalized spacial score (nSPS) is 19.9. The van der Waals surface area contributed by atoms with Crippen LogP contribution in [0.1, 0.15) is 56.6 Å². The maximum absolute atomic E-state index is 12.6. The fraction of sp³-hybridized carbons (Fsp3) is 0.778. The maximum atomic E-state index is 12.6. The number of anilines is 1. The number of unbranched alkanes of at least 4 members (excludes halogenated alkanes) is 1. The lowest BCUT2D eigenvalue weighted by Crippen LogP contribution is -2.40. The molecule has 0 saturated carbocycles. The van der Waals surface area contributed by atoms with Gasteiger partial charge in [-0.25, -0.2) is 18.4 Å². The summed E-state index contributed by atoms with van der Waals surface area (Å²) in [5.74, 6) is 2.74. The van der Waals surface area contributed by atoms with Crippen LogP contribution in [0, 0.1) is 12.8 Å². The second-order valence-electron chi connectivity index (χ2n) is 7.44. The first-order valence-corrected chi connectivity index (χ1v) is 11.1. The van der Waals surface area contributed by atoms with E-state index in [0.717, 1.165) is 61.2 Å². The van der Waals surface area contributed by atoms with Gasteiger partial charge in [0.05, 0.1) is 11.4 Å². The number of fused-ring (bicyclic) bond motifs is 1. The highest BCUT2D eigenvalue weighted by Gasteiger charge is 2.31. The zero-order valence-electron chi connectivity index (χ0n) is 15.7. The summed E-state index contributed by atoms with van der Waals surface area (Å²) in [6, 6.07) is 0. The zero-order chi connectivity index (χ0) is 18.0. The van der Waals surface area contributed by atoms with Crippen LogP contribution in [0.15, 0.2) is 0 Å². The standard InChI is InChI=1S/C18H30N4O2S/c1-4-5-12-25(23,24)22-11-8-17-16(13-22)18(20-15(3)19-17)21-9-6-14(2)7-10-21/h14H,4-13H2,1-3H3. The molecule has 0 aromatic carbocycles. The van der Waals surface area contributed by atoms with Crippen LogP contribution in [-0.2, 0) is 23.0 Å². The monoisotopic (exact) mass is 366 g/mol. The number of nitrogens with zero attached hydrogens (tertiary/aromatic N) is 4. The Bertz CT molecular complexity index is 712. The minimum absolute atomic E-state index is 0.238. The summed E-state index contributed by atoms with van der Waals surface area (Å²) in [5.41, 5.74) is 2.05. The zero-order valence-corrected chi connectivity index (χ0v) is 16.5. The summed E-state index contributed by atoms with van der Waals surface area (Å²) in [7, 11) is -3.20. The summed E-state index contributed by atoms with van der Waals surface area (Å²) in [6.45, 7) is 9.18. The lowest BCUT2D eigenvalue weighted by atomic mass is 9.98. The molecule has 140 valence electrons. The van der Waals surface area contributed by atoms with E-state index in [-0.39, 0.29) is 5.75 Å². The van der Waals surface area contributed by atoms with Crippen molar-refractivity contribution in [3.05, 3.63) is 17.1 Å². The van der Waals surface area contributed by atoms with Gasteiger partial charge in [0, 0.05) is 38.2 Å². The first kappa shape index (κ1) is 18.6. The Balaban J connectivity index is 1.87. The topological polar surface area (TPSA) is 66.4 Å². The molecule has 1 aromatic heterocycles. The molecule has 0 spiro atoms. The summed E-state index contributed by atoms with van der Waals surface area (Å²) in [4.78, 5) is 11.6. The van der Waals surface area contributed by atoms with Crippen LogP contribution < -0.4 is 4.90 Å². The van der Waals surface area contributed by atoms with E-state index in [9.17, 15) is 8.42 Å². The third kappa shape index (κ3) is 4.14. The highest BCUT2D eigenvalue weighted by molar-refractivity contribution is 7.89. The Kier molecular flexibility index (Phi) is 5.63. The second kappa shape index (κ2) is 7.58. The fourth-order valence-electron chi connectivity index (χ4n) is 3.67. The molecular weight excluding hydrogens is 336 g/mol. The number of aryl methyl sites for hydroxylation is 1. The van der Waals surface area contributed by atoms with Crippen LogP contribution in [0.3, 0.4) is 0 Å². The van der Waals surface area contributed by atoms with Gasteiger partial charge < -0.3 is 4.90 Å². The summed E-state index contributed by atoms with van der Waals surface area (Å²) >= 11 is 0. The van der Waals surface area contributed by atoms with E-state index in [0.29, 0.717) is 25.9 Å². The van der Waals surface area contributed by atoms with Crippen molar-refractivity contribution in [2.24, 2.45) is 5.92 Å². The van der Waals surface area contributed by atoms with Crippen LogP contribution in [0.25, 0.3) is 0 Å². The van der Waals surface area contributed by atoms with Crippen molar-refractivity contribution in [1.82, 2.24) is 14.3 Å². The number of hydrogen-bond acceptors (Lipinski definition) is 5. The van der Waals surface area contributed by atoms with Gasteiger partial charge in [-0.2, -0.15) is 4.31 Å². The lowest BCUT2D eigenvalue weighted by Gasteiger charge is -2.35. The van der Waals surface area contributed by atoms with E-state index in [2.05, 4.69) is 16.8 Å². The highest BCUT2D eigenvalue weighted by Crippen LogP contribution is 2.30. The fourth-order valence-corrected chi connectivity index (χ4v) is 5.27. The Morgan fingerprint density at radius 2 is 1.88 bits per heavy atom. The molecule has 0 unspecified atom stereocenters. The van der Waals surface area contributed by atoms with Gasteiger partial charge in [0.25, 0.3) is 0 Å².